The van der Waals surface area contributed by atoms with E-state index in [-0.39, 0.29) is 22.6 Å². The lowest BCUT2D eigenvalue weighted by atomic mass is 9.75. The molecule has 1 N–H and O–H groups in total. The summed E-state index contributed by atoms with van der Waals surface area (Å²) in [4.78, 5) is 10.9. The van der Waals surface area contributed by atoms with Gasteiger partial charge in [0.05, 0.1) is 11.0 Å². The van der Waals surface area contributed by atoms with Gasteiger partial charge in [-0.1, -0.05) is 41.8 Å². The molecule has 0 bridgehead atoms. The second-order valence-electron chi connectivity index (χ2n) is 6.03. The summed E-state index contributed by atoms with van der Waals surface area (Å²) in [7, 11) is 0. The fourth-order valence-corrected chi connectivity index (χ4v) is 3.75. The predicted octanol–water partition coefficient (Wildman–Crippen LogP) is 4.48. The van der Waals surface area contributed by atoms with Crippen molar-refractivity contribution in [3.05, 3.63) is 38.3 Å². The SMILES string of the molecule is CCCC1CCC(O)C(Cc2ccc(Br)cc2[N+](=O)[O-])C1. The van der Waals surface area contributed by atoms with Crippen LogP contribution in [0.1, 0.15) is 44.6 Å². The molecule has 0 aliphatic heterocycles. The standard InChI is InChI=1S/C16H22BrNO3/c1-2-3-11-4-7-16(19)13(8-11)9-12-5-6-14(17)10-15(12)18(20)21/h5-6,10-11,13,16,19H,2-4,7-9H2,1H3. The normalized spacial score (nSPS) is 25.8. The van der Waals surface area contributed by atoms with Gasteiger partial charge in [0.2, 0.25) is 0 Å². The molecule has 1 aliphatic rings. The average Bonchev–Trinajstić information content (AvgIpc) is 2.44. The fourth-order valence-electron chi connectivity index (χ4n) is 3.40. The van der Waals surface area contributed by atoms with Crippen molar-refractivity contribution in [3.8, 4) is 0 Å². The minimum absolute atomic E-state index is 0.134. The molecule has 1 fully saturated rings. The third kappa shape index (κ3) is 4.27. The van der Waals surface area contributed by atoms with Crippen LogP contribution in [0.4, 0.5) is 5.69 Å². The number of nitrogens with zero attached hydrogens (tertiary/aromatic N) is 1. The zero-order chi connectivity index (χ0) is 15.4. The second-order valence-corrected chi connectivity index (χ2v) is 6.95. The van der Waals surface area contributed by atoms with Gasteiger partial charge in [0, 0.05) is 16.1 Å². The first-order valence-corrected chi connectivity index (χ1v) is 8.41. The van der Waals surface area contributed by atoms with E-state index in [0.29, 0.717) is 16.8 Å². The van der Waals surface area contributed by atoms with Crippen LogP contribution >= 0.6 is 15.9 Å². The summed E-state index contributed by atoms with van der Waals surface area (Å²) in [6.07, 6.45) is 5.47. The maximum absolute atomic E-state index is 11.2. The minimum Gasteiger partial charge on any atom is -0.393 e. The Hall–Kier alpha value is -0.940. The summed E-state index contributed by atoms with van der Waals surface area (Å²) >= 11 is 3.28. The van der Waals surface area contributed by atoms with Gasteiger partial charge in [-0.05, 0) is 43.6 Å². The summed E-state index contributed by atoms with van der Waals surface area (Å²) < 4.78 is 0.714. The number of aliphatic hydroxyl groups is 1. The van der Waals surface area contributed by atoms with Crippen molar-refractivity contribution >= 4 is 21.6 Å². The summed E-state index contributed by atoms with van der Waals surface area (Å²) in [5.41, 5.74) is 0.874. The molecular weight excluding hydrogens is 334 g/mol. The lowest BCUT2D eigenvalue weighted by molar-refractivity contribution is -0.385. The van der Waals surface area contributed by atoms with E-state index in [1.54, 1.807) is 12.1 Å². The van der Waals surface area contributed by atoms with Crippen molar-refractivity contribution in [2.45, 2.75) is 51.6 Å². The summed E-state index contributed by atoms with van der Waals surface area (Å²) in [5.74, 6) is 0.785. The molecule has 1 aromatic rings. The van der Waals surface area contributed by atoms with Gasteiger partial charge >= 0.3 is 0 Å². The van der Waals surface area contributed by atoms with Crippen molar-refractivity contribution in [3.63, 3.8) is 0 Å². The van der Waals surface area contributed by atoms with Gasteiger partial charge in [-0.3, -0.25) is 10.1 Å². The van der Waals surface area contributed by atoms with Gasteiger partial charge in [0.15, 0.2) is 0 Å². The van der Waals surface area contributed by atoms with Crippen LogP contribution in [0.3, 0.4) is 0 Å². The highest BCUT2D eigenvalue weighted by molar-refractivity contribution is 9.10. The number of hydrogen-bond acceptors (Lipinski definition) is 3. The van der Waals surface area contributed by atoms with Crippen molar-refractivity contribution < 1.29 is 10.0 Å². The number of nitro benzene ring substituents is 1. The van der Waals surface area contributed by atoms with E-state index in [9.17, 15) is 15.2 Å². The van der Waals surface area contributed by atoms with Crippen LogP contribution in [0, 0.1) is 22.0 Å². The molecule has 3 atom stereocenters. The van der Waals surface area contributed by atoms with E-state index in [2.05, 4.69) is 22.9 Å². The molecule has 116 valence electrons. The Labute approximate surface area is 133 Å². The molecule has 4 nitrogen and oxygen atoms in total. The van der Waals surface area contributed by atoms with Crippen molar-refractivity contribution in [2.75, 3.05) is 0 Å². The Bertz CT molecular complexity index is 506. The van der Waals surface area contributed by atoms with Crippen LogP contribution in [0.25, 0.3) is 0 Å². The van der Waals surface area contributed by atoms with Crippen molar-refractivity contribution in [1.82, 2.24) is 0 Å². The summed E-state index contributed by atoms with van der Waals surface area (Å²) in [6, 6.07) is 5.19. The summed E-state index contributed by atoms with van der Waals surface area (Å²) in [6.45, 7) is 2.18. The van der Waals surface area contributed by atoms with Gasteiger partial charge in [-0.2, -0.15) is 0 Å². The maximum atomic E-state index is 11.2. The van der Waals surface area contributed by atoms with Crippen molar-refractivity contribution in [2.24, 2.45) is 11.8 Å². The molecule has 5 heteroatoms. The summed E-state index contributed by atoms with van der Waals surface area (Å²) in [5, 5.41) is 21.4. The van der Waals surface area contributed by atoms with E-state index in [1.165, 1.54) is 6.42 Å². The molecule has 1 saturated carbocycles. The van der Waals surface area contributed by atoms with Crippen LogP contribution in [0.2, 0.25) is 0 Å². The van der Waals surface area contributed by atoms with E-state index in [4.69, 9.17) is 0 Å². The Morgan fingerprint density at radius 3 is 2.86 bits per heavy atom. The second kappa shape index (κ2) is 7.36. The number of benzene rings is 1. The van der Waals surface area contributed by atoms with E-state index in [0.717, 1.165) is 31.2 Å². The van der Waals surface area contributed by atoms with Crippen LogP contribution in [0.15, 0.2) is 22.7 Å². The smallest absolute Gasteiger partial charge is 0.273 e. The Morgan fingerprint density at radius 1 is 1.43 bits per heavy atom. The topological polar surface area (TPSA) is 63.4 Å². The molecule has 1 aromatic carbocycles. The van der Waals surface area contributed by atoms with Crippen LogP contribution in [-0.2, 0) is 6.42 Å². The molecule has 0 aromatic heterocycles. The van der Waals surface area contributed by atoms with Gasteiger partial charge < -0.3 is 5.11 Å². The number of aliphatic hydroxyl groups excluding tert-OH is 1. The third-order valence-corrected chi connectivity index (χ3v) is 4.97. The van der Waals surface area contributed by atoms with Gasteiger partial charge in [0.25, 0.3) is 5.69 Å². The largest absolute Gasteiger partial charge is 0.393 e. The first kappa shape index (κ1) is 16.4. The van der Waals surface area contributed by atoms with E-state index < -0.39 is 0 Å². The highest BCUT2D eigenvalue weighted by Gasteiger charge is 2.30. The minimum atomic E-state index is -0.334. The Kier molecular flexibility index (Phi) is 5.76. The molecular formula is C16H22BrNO3. The zero-order valence-electron chi connectivity index (χ0n) is 12.3. The van der Waals surface area contributed by atoms with Gasteiger partial charge in [0.1, 0.15) is 0 Å². The van der Waals surface area contributed by atoms with Crippen molar-refractivity contribution in [1.29, 1.82) is 0 Å². The Balaban J connectivity index is 2.14. The van der Waals surface area contributed by atoms with E-state index >= 15 is 0 Å². The quantitative estimate of drug-likeness (QED) is 0.625. The maximum Gasteiger partial charge on any atom is 0.273 e. The molecule has 0 amide bonds. The number of halogens is 1. The Morgan fingerprint density at radius 2 is 2.19 bits per heavy atom. The van der Waals surface area contributed by atoms with Gasteiger partial charge in [-0.25, -0.2) is 0 Å². The average molecular weight is 356 g/mol. The highest BCUT2D eigenvalue weighted by atomic mass is 79.9. The van der Waals surface area contributed by atoms with Crippen LogP contribution in [0.5, 0.6) is 0 Å². The van der Waals surface area contributed by atoms with Crippen LogP contribution < -0.4 is 0 Å². The molecule has 21 heavy (non-hydrogen) atoms. The first-order valence-electron chi connectivity index (χ1n) is 7.62. The monoisotopic (exact) mass is 355 g/mol. The molecule has 0 heterocycles. The number of hydrogen-bond donors (Lipinski definition) is 1. The molecule has 2 rings (SSSR count). The highest BCUT2D eigenvalue weighted by Crippen LogP contribution is 2.36. The lowest BCUT2D eigenvalue weighted by Gasteiger charge is -2.33. The molecule has 1 aliphatic carbocycles. The fraction of sp³-hybridized carbons (Fsp3) is 0.625. The molecule has 0 saturated heterocycles. The molecule has 0 spiro atoms. The van der Waals surface area contributed by atoms with Gasteiger partial charge in [-0.15, -0.1) is 0 Å². The third-order valence-electron chi connectivity index (χ3n) is 4.47. The predicted molar refractivity (Wildman–Crippen MR) is 86.2 cm³/mol. The zero-order valence-corrected chi connectivity index (χ0v) is 13.9. The molecule has 3 unspecified atom stereocenters. The number of rotatable bonds is 5. The number of nitro groups is 1. The van der Waals surface area contributed by atoms with Crippen LogP contribution in [-0.4, -0.2) is 16.1 Å². The first-order chi connectivity index (χ1) is 10.0. The lowest BCUT2D eigenvalue weighted by Crippen LogP contribution is -2.30. The molecule has 0 radical (unpaired) electrons. The van der Waals surface area contributed by atoms with E-state index in [1.807, 2.05) is 6.07 Å².